The molecule has 0 saturated heterocycles. The summed E-state index contributed by atoms with van der Waals surface area (Å²) in [6.45, 7) is 0. The highest BCUT2D eigenvalue weighted by molar-refractivity contribution is 9.10. The van der Waals surface area contributed by atoms with Crippen LogP contribution in [0.15, 0.2) is 63.5 Å². The predicted octanol–water partition coefficient (Wildman–Crippen LogP) is 4.85. The minimum absolute atomic E-state index is 0.228. The average molecular weight is 421 g/mol. The van der Waals surface area contributed by atoms with Crippen molar-refractivity contribution in [2.24, 2.45) is 0 Å². The van der Waals surface area contributed by atoms with Crippen LogP contribution >= 0.6 is 31.9 Å². The number of benzene rings is 2. The molecule has 0 atom stereocenters. The van der Waals surface area contributed by atoms with Crippen molar-refractivity contribution in [1.82, 2.24) is 10.2 Å². The van der Waals surface area contributed by atoms with Crippen molar-refractivity contribution in [2.45, 2.75) is 0 Å². The van der Waals surface area contributed by atoms with E-state index in [0.29, 0.717) is 5.69 Å². The van der Waals surface area contributed by atoms with Crippen LogP contribution in [0.1, 0.15) is 10.5 Å². The first kappa shape index (κ1) is 15.0. The van der Waals surface area contributed by atoms with E-state index in [4.69, 9.17) is 0 Å². The molecule has 1 heterocycles. The Labute approximate surface area is 144 Å². The van der Waals surface area contributed by atoms with Gasteiger partial charge in [0.25, 0.3) is 5.91 Å². The average Bonchev–Trinajstić information content (AvgIpc) is 2.98. The highest BCUT2D eigenvalue weighted by atomic mass is 79.9. The zero-order chi connectivity index (χ0) is 15.5. The van der Waals surface area contributed by atoms with Crippen molar-refractivity contribution in [3.05, 3.63) is 69.2 Å². The third-order valence-electron chi connectivity index (χ3n) is 3.04. The van der Waals surface area contributed by atoms with Crippen molar-refractivity contribution < 1.29 is 4.79 Å². The van der Waals surface area contributed by atoms with Gasteiger partial charge >= 0.3 is 0 Å². The van der Waals surface area contributed by atoms with Gasteiger partial charge in [0.2, 0.25) is 0 Å². The number of H-pyrrole nitrogens is 1. The van der Waals surface area contributed by atoms with E-state index in [1.807, 2.05) is 48.5 Å². The highest BCUT2D eigenvalue weighted by Crippen LogP contribution is 2.21. The van der Waals surface area contributed by atoms with Crippen LogP contribution in [-0.4, -0.2) is 16.1 Å². The van der Waals surface area contributed by atoms with Gasteiger partial charge in [-0.05, 0) is 36.4 Å². The third-order valence-corrected chi connectivity index (χ3v) is 4.07. The largest absolute Gasteiger partial charge is 0.321 e. The van der Waals surface area contributed by atoms with E-state index in [9.17, 15) is 4.79 Å². The van der Waals surface area contributed by atoms with Gasteiger partial charge in [-0.2, -0.15) is 5.10 Å². The Hall–Kier alpha value is -1.92. The Morgan fingerprint density at radius 2 is 1.77 bits per heavy atom. The molecule has 6 heteroatoms. The fourth-order valence-electron chi connectivity index (χ4n) is 1.97. The number of hydrogen-bond donors (Lipinski definition) is 2. The minimum Gasteiger partial charge on any atom is -0.321 e. The first-order valence-electron chi connectivity index (χ1n) is 6.50. The molecule has 0 aliphatic carbocycles. The van der Waals surface area contributed by atoms with Gasteiger partial charge in [-0.25, -0.2) is 0 Å². The third kappa shape index (κ3) is 3.45. The fourth-order valence-corrected chi connectivity index (χ4v) is 2.63. The Balaban J connectivity index is 1.78. The molecule has 0 spiro atoms. The van der Waals surface area contributed by atoms with Crippen LogP contribution in [0.4, 0.5) is 5.69 Å². The fraction of sp³-hybridized carbons (Fsp3) is 0. The summed E-state index contributed by atoms with van der Waals surface area (Å²) in [5.74, 6) is -0.228. The maximum absolute atomic E-state index is 12.2. The van der Waals surface area contributed by atoms with Crippen molar-refractivity contribution in [3.63, 3.8) is 0 Å². The van der Waals surface area contributed by atoms with Crippen molar-refractivity contribution in [1.29, 1.82) is 0 Å². The molecule has 3 rings (SSSR count). The van der Waals surface area contributed by atoms with E-state index in [0.717, 1.165) is 25.9 Å². The van der Waals surface area contributed by atoms with Crippen LogP contribution in [0, 0.1) is 0 Å². The number of amides is 1. The zero-order valence-corrected chi connectivity index (χ0v) is 14.5. The lowest BCUT2D eigenvalue weighted by Crippen LogP contribution is -2.12. The van der Waals surface area contributed by atoms with Gasteiger partial charge < -0.3 is 5.32 Å². The predicted molar refractivity (Wildman–Crippen MR) is 93.8 cm³/mol. The monoisotopic (exact) mass is 419 g/mol. The highest BCUT2D eigenvalue weighted by Gasteiger charge is 2.11. The van der Waals surface area contributed by atoms with Crippen LogP contribution in [0.3, 0.4) is 0 Å². The van der Waals surface area contributed by atoms with Gasteiger partial charge in [-0.1, -0.05) is 50.1 Å². The second-order valence-electron chi connectivity index (χ2n) is 4.64. The summed E-state index contributed by atoms with van der Waals surface area (Å²) in [7, 11) is 0. The molecule has 4 nitrogen and oxygen atoms in total. The maximum atomic E-state index is 12.2. The van der Waals surface area contributed by atoms with Crippen LogP contribution < -0.4 is 5.32 Å². The Morgan fingerprint density at radius 1 is 1.00 bits per heavy atom. The standard InChI is InChI=1S/C16H11Br2N3O/c17-11-6-4-10(5-7-11)14-9-15(21-20-14)16(22)19-13-3-1-2-12(18)8-13/h1-9H,(H,19,22)(H,20,21). The van der Waals surface area contributed by atoms with Gasteiger partial charge in [-0.15, -0.1) is 0 Å². The smallest absolute Gasteiger partial charge is 0.273 e. The van der Waals surface area contributed by atoms with Crippen LogP contribution in [0.2, 0.25) is 0 Å². The maximum Gasteiger partial charge on any atom is 0.273 e. The minimum atomic E-state index is -0.228. The molecule has 0 bridgehead atoms. The van der Waals surface area contributed by atoms with Gasteiger partial charge in [0.05, 0.1) is 5.69 Å². The molecule has 0 unspecified atom stereocenters. The topological polar surface area (TPSA) is 57.8 Å². The van der Waals surface area contributed by atoms with E-state index >= 15 is 0 Å². The lowest BCUT2D eigenvalue weighted by atomic mass is 10.1. The van der Waals surface area contributed by atoms with Gasteiger partial charge in [0, 0.05) is 20.2 Å². The number of rotatable bonds is 3. The van der Waals surface area contributed by atoms with E-state index in [1.165, 1.54) is 0 Å². The molecule has 3 aromatic rings. The van der Waals surface area contributed by atoms with Crippen molar-refractivity contribution in [3.8, 4) is 11.3 Å². The van der Waals surface area contributed by atoms with Crippen molar-refractivity contribution in [2.75, 3.05) is 5.32 Å². The van der Waals surface area contributed by atoms with Crippen LogP contribution in [0.25, 0.3) is 11.3 Å². The van der Waals surface area contributed by atoms with Gasteiger partial charge in [0.1, 0.15) is 5.69 Å². The number of aromatic amines is 1. The summed E-state index contributed by atoms with van der Waals surface area (Å²) < 4.78 is 1.91. The number of hydrogen-bond acceptors (Lipinski definition) is 2. The van der Waals surface area contributed by atoms with E-state index < -0.39 is 0 Å². The number of carbonyl (C=O) groups excluding carboxylic acids is 1. The SMILES string of the molecule is O=C(Nc1cccc(Br)c1)c1cc(-c2ccc(Br)cc2)n[nH]1. The summed E-state index contributed by atoms with van der Waals surface area (Å²) in [5.41, 5.74) is 2.81. The van der Waals surface area contributed by atoms with Crippen LogP contribution in [0.5, 0.6) is 0 Å². The number of anilines is 1. The molecule has 1 aromatic heterocycles. The molecule has 2 N–H and O–H groups in total. The molecular weight excluding hydrogens is 410 g/mol. The molecule has 110 valence electrons. The number of carbonyl (C=O) groups is 1. The molecule has 1 amide bonds. The summed E-state index contributed by atoms with van der Waals surface area (Å²) in [6, 6.07) is 16.9. The van der Waals surface area contributed by atoms with Crippen LogP contribution in [-0.2, 0) is 0 Å². The second kappa shape index (κ2) is 6.46. The first-order chi connectivity index (χ1) is 10.6. The van der Waals surface area contributed by atoms with E-state index in [2.05, 4.69) is 47.4 Å². The van der Waals surface area contributed by atoms with E-state index in [1.54, 1.807) is 6.07 Å². The Bertz CT molecular complexity index is 812. The summed E-state index contributed by atoms with van der Waals surface area (Å²) in [5, 5.41) is 9.78. The summed E-state index contributed by atoms with van der Waals surface area (Å²) in [6.07, 6.45) is 0. The van der Waals surface area contributed by atoms with Gasteiger partial charge in [0.15, 0.2) is 0 Å². The summed E-state index contributed by atoms with van der Waals surface area (Å²) in [4.78, 5) is 12.2. The molecule has 22 heavy (non-hydrogen) atoms. The Morgan fingerprint density at radius 3 is 2.50 bits per heavy atom. The summed E-state index contributed by atoms with van der Waals surface area (Å²) >= 11 is 6.77. The number of nitrogens with zero attached hydrogens (tertiary/aromatic N) is 1. The zero-order valence-electron chi connectivity index (χ0n) is 11.3. The molecule has 0 fully saturated rings. The molecular formula is C16H11Br2N3O. The van der Waals surface area contributed by atoms with Crippen molar-refractivity contribution >= 4 is 43.5 Å². The second-order valence-corrected chi connectivity index (χ2v) is 6.47. The number of nitrogens with one attached hydrogen (secondary N) is 2. The first-order valence-corrected chi connectivity index (χ1v) is 8.09. The number of aromatic nitrogens is 2. The molecule has 0 saturated carbocycles. The Kier molecular flexibility index (Phi) is 4.40. The van der Waals surface area contributed by atoms with Gasteiger partial charge in [-0.3, -0.25) is 9.89 Å². The molecule has 2 aromatic carbocycles. The molecule has 0 radical (unpaired) electrons. The lowest BCUT2D eigenvalue weighted by molar-refractivity contribution is 0.102. The molecule has 0 aliphatic heterocycles. The lowest BCUT2D eigenvalue weighted by Gasteiger charge is -2.03. The number of halogens is 2. The normalized spacial score (nSPS) is 10.5. The molecule has 0 aliphatic rings. The van der Waals surface area contributed by atoms with E-state index in [-0.39, 0.29) is 5.91 Å². The quantitative estimate of drug-likeness (QED) is 0.635.